The highest BCUT2D eigenvalue weighted by Gasteiger charge is 2.06. The number of rotatable bonds is 2. The monoisotopic (exact) mass is 283 g/mol. The van der Waals surface area contributed by atoms with Gasteiger partial charge in [-0.3, -0.25) is 0 Å². The fraction of sp³-hybridized carbons (Fsp3) is 0.200. The summed E-state index contributed by atoms with van der Waals surface area (Å²) >= 11 is 4.98. The van der Waals surface area contributed by atoms with Gasteiger partial charge in [0.1, 0.15) is 5.82 Å². The first-order valence-corrected chi connectivity index (χ1v) is 6.18. The van der Waals surface area contributed by atoms with Crippen molar-refractivity contribution in [2.24, 2.45) is 0 Å². The van der Waals surface area contributed by atoms with Crippen LogP contribution in [0.3, 0.4) is 0 Å². The number of halogens is 1. The number of hydrogen-bond donors (Lipinski definition) is 1. The molecule has 0 aliphatic carbocycles. The van der Waals surface area contributed by atoms with Gasteiger partial charge in [-0.15, -0.1) is 11.3 Å². The second kappa shape index (κ2) is 4.28. The van der Waals surface area contributed by atoms with Gasteiger partial charge in [0.2, 0.25) is 0 Å². The number of thiophene rings is 1. The van der Waals surface area contributed by atoms with E-state index in [0.717, 1.165) is 15.8 Å². The molecule has 0 spiro atoms. The number of nitrogen functional groups attached to an aromatic ring is 1. The van der Waals surface area contributed by atoms with Crippen molar-refractivity contribution in [1.82, 2.24) is 9.97 Å². The number of aryl methyl sites for hydroxylation is 1. The zero-order valence-electron chi connectivity index (χ0n) is 8.20. The van der Waals surface area contributed by atoms with Gasteiger partial charge in [0.15, 0.2) is 5.82 Å². The maximum atomic E-state index is 5.70. The molecular weight excluding hydrogens is 274 g/mol. The molecule has 5 heteroatoms. The Kier molecular flexibility index (Phi) is 3.02. The van der Waals surface area contributed by atoms with Gasteiger partial charge in [-0.1, -0.05) is 6.92 Å². The molecule has 0 saturated heterocycles. The Labute approximate surface area is 101 Å². The molecule has 0 unspecified atom stereocenters. The highest BCUT2D eigenvalue weighted by molar-refractivity contribution is 9.10. The van der Waals surface area contributed by atoms with Gasteiger partial charge >= 0.3 is 0 Å². The average Bonchev–Trinajstić information content (AvgIpc) is 2.70. The Morgan fingerprint density at radius 1 is 1.47 bits per heavy atom. The van der Waals surface area contributed by atoms with Crippen LogP contribution in [0.4, 0.5) is 5.82 Å². The molecule has 2 aromatic heterocycles. The van der Waals surface area contributed by atoms with E-state index in [2.05, 4.69) is 38.9 Å². The van der Waals surface area contributed by atoms with Crippen molar-refractivity contribution in [2.75, 3.05) is 5.73 Å². The largest absolute Gasteiger partial charge is 0.383 e. The predicted octanol–water partition coefficient (Wildman–Crippen LogP) is 3.11. The first kappa shape index (κ1) is 10.6. The van der Waals surface area contributed by atoms with E-state index in [9.17, 15) is 0 Å². The van der Waals surface area contributed by atoms with Crippen molar-refractivity contribution in [1.29, 1.82) is 0 Å². The Morgan fingerprint density at radius 3 is 2.87 bits per heavy atom. The number of aromatic nitrogens is 2. The lowest BCUT2D eigenvalue weighted by Crippen LogP contribution is -1.95. The van der Waals surface area contributed by atoms with E-state index in [1.165, 1.54) is 4.88 Å². The molecule has 0 amide bonds. The van der Waals surface area contributed by atoms with Crippen LogP contribution in [0.15, 0.2) is 22.8 Å². The minimum absolute atomic E-state index is 0.478. The number of nitrogens with two attached hydrogens (primary N) is 1. The van der Waals surface area contributed by atoms with Crippen molar-refractivity contribution < 1.29 is 0 Å². The molecule has 2 N–H and O–H groups in total. The number of nitrogens with zero attached hydrogens (tertiary/aromatic N) is 2. The Hall–Kier alpha value is -0.940. The van der Waals surface area contributed by atoms with E-state index in [0.29, 0.717) is 11.6 Å². The van der Waals surface area contributed by atoms with Crippen molar-refractivity contribution in [2.45, 2.75) is 13.3 Å². The maximum Gasteiger partial charge on any atom is 0.171 e. The number of anilines is 1. The van der Waals surface area contributed by atoms with Crippen LogP contribution in [-0.4, -0.2) is 9.97 Å². The lowest BCUT2D eigenvalue weighted by molar-refractivity contribution is 1.18. The van der Waals surface area contributed by atoms with Crippen LogP contribution in [0.25, 0.3) is 10.7 Å². The zero-order valence-corrected chi connectivity index (χ0v) is 10.6. The van der Waals surface area contributed by atoms with Gasteiger partial charge in [0.25, 0.3) is 0 Å². The van der Waals surface area contributed by atoms with Crippen LogP contribution in [0.5, 0.6) is 0 Å². The smallest absolute Gasteiger partial charge is 0.171 e. The van der Waals surface area contributed by atoms with Gasteiger partial charge in [-0.05, 0) is 34.5 Å². The van der Waals surface area contributed by atoms with Gasteiger partial charge in [0, 0.05) is 11.1 Å². The first-order valence-electron chi connectivity index (χ1n) is 4.57. The van der Waals surface area contributed by atoms with E-state index < -0.39 is 0 Å². The third-order valence-corrected chi connectivity index (χ3v) is 3.84. The van der Waals surface area contributed by atoms with E-state index in [1.807, 2.05) is 6.07 Å². The lowest BCUT2D eigenvalue weighted by atomic mass is 10.3. The highest BCUT2D eigenvalue weighted by atomic mass is 79.9. The maximum absolute atomic E-state index is 5.70. The Morgan fingerprint density at radius 2 is 2.27 bits per heavy atom. The summed E-state index contributed by atoms with van der Waals surface area (Å²) in [6.45, 7) is 2.13. The van der Waals surface area contributed by atoms with E-state index in [-0.39, 0.29) is 0 Å². The molecule has 15 heavy (non-hydrogen) atoms. The molecule has 0 fully saturated rings. The fourth-order valence-electron chi connectivity index (χ4n) is 1.19. The Balaban J connectivity index is 2.40. The van der Waals surface area contributed by atoms with Crippen LogP contribution in [0.1, 0.15) is 11.8 Å². The second-order valence-electron chi connectivity index (χ2n) is 3.05. The van der Waals surface area contributed by atoms with Crippen molar-refractivity contribution >= 4 is 33.1 Å². The number of hydrogen-bond acceptors (Lipinski definition) is 4. The quantitative estimate of drug-likeness (QED) is 0.921. The average molecular weight is 284 g/mol. The molecule has 0 saturated carbocycles. The van der Waals surface area contributed by atoms with Crippen LogP contribution < -0.4 is 5.73 Å². The molecule has 0 aliphatic rings. The van der Waals surface area contributed by atoms with Gasteiger partial charge in [-0.25, -0.2) is 9.97 Å². The first-order chi connectivity index (χ1) is 7.20. The van der Waals surface area contributed by atoms with Crippen LogP contribution >= 0.6 is 27.3 Å². The van der Waals surface area contributed by atoms with Gasteiger partial charge in [0.05, 0.1) is 9.35 Å². The highest BCUT2D eigenvalue weighted by Crippen LogP contribution is 2.27. The van der Waals surface area contributed by atoms with Crippen LogP contribution in [0, 0.1) is 0 Å². The van der Waals surface area contributed by atoms with Crippen LogP contribution in [-0.2, 0) is 6.42 Å². The standard InChI is InChI=1S/C10H10BrN3S/c1-2-6-3-4-8(15-6)10-13-5-7(11)9(12)14-10/h3-5H,2H2,1H3,(H2,12,13,14). The SMILES string of the molecule is CCc1ccc(-c2ncc(Br)c(N)n2)s1. The van der Waals surface area contributed by atoms with Crippen molar-refractivity contribution in [3.05, 3.63) is 27.7 Å². The van der Waals surface area contributed by atoms with Crippen molar-refractivity contribution in [3.8, 4) is 10.7 Å². The molecule has 3 nitrogen and oxygen atoms in total. The summed E-state index contributed by atoms with van der Waals surface area (Å²) in [5.41, 5.74) is 5.70. The van der Waals surface area contributed by atoms with E-state index in [4.69, 9.17) is 5.73 Å². The molecule has 0 aliphatic heterocycles. The second-order valence-corrected chi connectivity index (χ2v) is 5.07. The molecule has 2 aromatic rings. The lowest BCUT2D eigenvalue weighted by Gasteiger charge is -1.99. The summed E-state index contributed by atoms with van der Waals surface area (Å²) in [7, 11) is 0. The summed E-state index contributed by atoms with van der Waals surface area (Å²) in [4.78, 5) is 10.8. The predicted molar refractivity (Wildman–Crippen MR) is 66.8 cm³/mol. The molecule has 0 bridgehead atoms. The molecule has 78 valence electrons. The summed E-state index contributed by atoms with van der Waals surface area (Å²) in [6.07, 6.45) is 2.72. The summed E-state index contributed by atoms with van der Waals surface area (Å²) in [5, 5.41) is 0. The minimum atomic E-state index is 0.478. The molecule has 2 heterocycles. The molecule has 0 atom stereocenters. The van der Waals surface area contributed by atoms with E-state index in [1.54, 1.807) is 17.5 Å². The zero-order chi connectivity index (χ0) is 10.8. The fourth-order valence-corrected chi connectivity index (χ4v) is 2.27. The van der Waals surface area contributed by atoms with Crippen LogP contribution in [0.2, 0.25) is 0 Å². The van der Waals surface area contributed by atoms with Crippen molar-refractivity contribution in [3.63, 3.8) is 0 Å². The van der Waals surface area contributed by atoms with Gasteiger partial charge in [-0.2, -0.15) is 0 Å². The Bertz CT molecular complexity index is 481. The van der Waals surface area contributed by atoms with Gasteiger partial charge < -0.3 is 5.73 Å². The summed E-state index contributed by atoms with van der Waals surface area (Å²) in [5.74, 6) is 1.17. The molecule has 0 radical (unpaired) electrons. The summed E-state index contributed by atoms with van der Waals surface area (Å²) in [6, 6.07) is 4.13. The third-order valence-electron chi connectivity index (χ3n) is 2.00. The molecular formula is C10H10BrN3S. The minimum Gasteiger partial charge on any atom is -0.383 e. The molecule has 2 rings (SSSR count). The summed E-state index contributed by atoms with van der Waals surface area (Å²) < 4.78 is 0.735. The normalized spacial score (nSPS) is 10.5. The third kappa shape index (κ3) is 2.18. The molecule has 0 aromatic carbocycles. The van der Waals surface area contributed by atoms with E-state index >= 15 is 0 Å². The topological polar surface area (TPSA) is 51.8 Å².